The summed E-state index contributed by atoms with van der Waals surface area (Å²) in [6.07, 6.45) is -0.431. The Balaban J connectivity index is 0.000000304. The van der Waals surface area contributed by atoms with Crippen molar-refractivity contribution in [2.45, 2.75) is 45.4 Å². The molecule has 0 aromatic heterocycles. The first-order valence-corrected chi connectivity index (χ1v) is 13.9. The van der Waals surface area contributed by atoms with Crippen LogP contribution in [0.4, 0.5) is 0 Å². The summed E-state index contributed by atoms with van der Waals surface area (Å²) in [4.78, 5) is 68.5. The Labute approximate surface area is 259 Å². The highest BCUT2D eigenvalue weighted by Crippen LogP contribution is 2.22. The van der Waals surface area contributed by atoms with Crippen molar-refractivity contribution in [1.82, 2.24) is 9.80 Å². The Morgan fingerprint density at radius 3 is 1.22 bits per heavy atom. The third-order valence-corrected chi connectivity index (χ3v) is 7.06. The Morgan fingerprint density at radius 2 is 1.00 bits per heavy atom. The number of carboxylic acid groups (broad SMARTS) is 4. The number of amides is 2. The van der Waals surface area contributed by atoms with Crippen LogP contribution in [0.3, 0.4) is 0 Å². The van der Waals surface area contributed by atoms with Crippen LogP contribution in [0, 0.1) is 11.8 Å². The van der Waals surface area contributed by atoms with Crippen molar-refractivity contribution in [3.05, 3.63) is 82.9 Å². The molecule has 8 N–H and O–H groups in total. The van der Waals surface area contributed by atoms with Crippen LogP contribution in [0.15, 0.2) is 60.7 Å². The first-order valence-electron chi connectivity index (χ1n) is 13.9. The lowest BCUT2D eigenvalue weighted by Crippen LogP contribution is -2.26. The summed E-state index contributed by atoms with van der Waals surface area (Å²) in [5.41, 5.74) is 14.6. The van der Waals surface area contributed by atoms with Crippen LogP contribution in [0.2, 0.25) is 0 Å². The van der Waals surface area contributed by atoms with E-state index < -0.39 is 42.1 Å². The summed E-state index contributed by atoms with van der Waals surface area (Å²) in [7, 11) is 0. The predicted molar refractivity (Wildman–Crippen MR) is 160 cm³/mol. The van der Waals surface area contributed by atoms with Gasteiger partial charge in [-0.2, -0.15) is 0 Å². The fourth-order valence-electron chi connectivity index (χ4n) is 4.44. The number of nitrogens with zero attached hydrogens (tertiary/aromatic N) is 2. The van der Waals surface area contributed by atoms with E-state index in [1.165, 1.54) is 9.80 Å². The van der Waals surface area contributed by atoms with Gasteiger partial charge >= 0.3 is 23.9 Å². The molecule has 0 aliphatic carbocycles. The molecule has 4 rings (SSSR count). The highest BCUT2D eigenvalue weighted by molar-refractivity contribution is 5.91. The third-order valence-electron chi connectivity index (χ3n) is 7.06. The molecular weight excluding hydrogens is 588 g/mol. The molecule has 45 heavy (non-hydrogen) atoms. The Hall–Kier alpha value is -5.08. The number of hydrogen-bond donors (Lipinski definition) is 6. The van der Waals surface area contributed by atoms with Gasteiger partial charge in [0.05, 0.1) is 18.3 Å². The molecule has 2 aromatic rings. The molecule has 2 aliphatic heterocycles. The van der Waals surface area contributed by atoms with Gasteiger partial charge in [-0.1, -0.05) is 55.1 Å². The summed E-state index contributed by atoms with van der Waals surface area (Å²) >= 11 is 0. The highest BCUT2D eigenvalue weighted by atomic mass is 16.4. The van der Waals surface area contributed by atoms with Gasteiger partial charge in [-0.3, -0.25) is 24.0 Å². The fourth-order valence-corrected chi connectivity index (χ4v) is 4.44. The van der Waals surface area contributed by atoms with Crippen molar-refractivity contribution < 1.29 is 49.2 Å². The average Bonchev–Trinajstić information content (AvgIpc) is 3.56. The Bertz CT molecular complexity index is 1310. The number of benzene rings is 2. The number of nitrogens with two attached hydrogens (primary N) is 2. The molecule has 2 amide bonds. The summed E-state index contributed by atoms with van der Waals surface area (Å²) in [6, 6.07) is 15.4. The van der Waals surface area contributed by atoms with E-state index in [1.54, 1.807) is 0 Å². The normalized spacial score (nSPS) is 17.1. The maximum Gasteiger partial charge on any atom is 0.331 e. The molecule has 2 fully saturated rings. The Morgan fingerprint density at radius 1 is 0.667 bits per heavy atom. The number of likely N-dealkylation sites (tertiary alicyclic amines) is 2. The van der Waals surface area contributed by atoms with Gasteiger partial charge in [-0.25, -0.2) is 4.79 Å². The van der Waals surface area contributed by atoms with Gasteiger partial charge in [-0.15, -0.1) is 0 Å². The molecule has 2 atom stereocenters. The van der Waals surface area contributed by atoms with Crippen LogP contribution >= 0.6 is 0 Å². The molecule has 0 spiro atoms. The van der Waals surface area contributed by atoms with Crippen LogP contribution in [0.5, 0.6) is 0 Å². The number of carbonyl (C=O) groups is 6. The second kappa shape index (κ2) is 17.3. The van der Waals surface area contributed by atoms with E-state index in [0.29, 0.717) is 26.2 Å². The van der Waals surface area contributed by atoms with Crippen LogP contribution in [0.25, 0.3) is 0 Å². The van der Waals surface area contributed by atoms with Crippen LogP contribution < -0.4 is 11.5 Å². The zero-order valence-corrected chi connectivity index (χ0v) is 24.6. The Kier molecular flexibility index (Phi) is 13.9. The van der Waals surface area contributed by atoms with Gasteiger partial charge in [0.1, 0.15) is 0 Å². The van der Waals surface area contributed by atoms with Crippen molar-refractivity contribution >= 4 is 35.7 Å². The minimum atomic E-state index is -1.27. The van der Waals surface area contributed by atoms with Crippen molar-refractivity contribution in [1.29, 1.82) is 0 Å². The highest BCUT2D eigenvalue weighted by Gasteiger charge is 2.35. The summed E-state index contributed by atoms with van der Waals surface area (Å²) in [5.74, 6) is -5.97. The lowest BCUT2D eigenvalue weighted by atomic mass is 10.1. The second-order valence-corrected chi connectivity index (χ2v) is 10.5. The van der Waals surface area contributed by atoms with Crippen LogP contribution in [0.1, 0.15) is 41.5 Å². The fraction of sp³-hybridized carbons (Fsp3) is 0.355. The topological polar surface area (TPSA) is 242 Å². The molecular formula is C31H38N4O10. The van der Waals surface area contributed by atoms with E-state index in [4.69, 9.17) is 31.9 Å². The van der Waals surface area contributed by atoms with E-state index in [9.17, 15) is 28.8 Å². The number of carbonyl (C=O) groups excluding carboxylic acids is 2. The van der Waals surface area contributed by atoms with Gasteiger partial charge in [0, 0.05) is 57.7 Å². The number of aliphatic carboxylic acids is 4. The molecule has 2 saturated heterocycles. The molecule has 0 bridgehead atoms. The molecule has 2 aromatic carbocycles. The first-order chi connectivity index (χ1) is 21.2. The largest absolute Gasteiger partial charge is 0.481 e. The van der Waals surface area contributed by atoms with E-state index in [-0.39, 0.29) is 43.3 Å². The second-order valence-electron chi connectivity index (χ2n) is 10.5. The zero-order valence-electron chi connectivity index (χ0n) is 24.6. The molecule has 0 radical (unpaired) electrons. The minimum Gasteiger partial charge on any atom is -0.481 e. The smallest absolute Gasteiger partial charge is 0.331 e. The summed E-state index contributed by atoms with van der Waals surface area (Å²) < 4.78 is 0. The van der Waals surface area contributed by atoms with E-state index in [1.807, 2.05) is 48.5 Å². The first kappa shape index (κ1) is 36.1. The molecule has 2 heterocycles. The third kappa shape index (κ3) is 11.8. The molecule has 2 aliphatic rings. The standard InChI is InChI=1S/C18H20N2O6.C8H12N2.C5H6O4/c21-15-5-13(17(23)24)9-19(15)7-11-1-2-12(4-3-11)8-20-10-14(18(25)26)6-16(20)22;9-5-7-1-2-8(6-10)4-3-7;1-3(5(8)9)2-4(6)7/h1-4,13-14H,5-10H2,(H,23,24)(H,25,26);1-4H,5-6,9-10H2;1-2H2,(H,6,7)(H,8,9). The molecule has 242 valence electrons. The lowest BCUT2D eigenvalue weighted by molar-refractivity contribution is -0.142. The van der Waals surface area contributed by atoms with Crippen LogP contribution in [-0.2, 0) is 54.9 Å². The van der Waals surface area contributed by atoms with E-state index in [2.05, 4.69) is 6.58 Å². The lowest BCUT2D eigenvalue weighted by Gasteiger charge is -2.18. The van der Waals surface area contributed by atoms with E-state index >= 15 is 0 Å². The molecule has 14 nitrogen and oxygen atoms in total. The minimum absolute atomic E-state index is 0.0369. The maximum absolute atomic E-state index is 11.9. The van der Waals surface area contributed by atoms with Gasteiger partial charge in [0.15, 0.2) is 0 Å². The number of hydrogen-bond acceptors (Lipinski definition) is 8. The summed E-state index contributed by atoms with van der Waals surface area (Å²) in [5, 5.41) is 34.1. The van der Waals surface area contributed by atoms with Gasteiger partial charge in [0.25, 0.3) is 0 Å². The van der Waals surface area contributed by atoms with Crippen LogP contribution in [-0.4, -0.2) is 79.0 Å². The van der Waals surface area contributed by atoms with Crippen molar-refractivity contribution in [2.75, 3.05) is 13.1 Å². The quantitative estimate of drug-likeness (QED) is 0.193. The van der Waals surface area contributed by atoms with E-state index in [0.717, 1.165) is 22.3 Å². The van der Waals surface area contributed by atoms with Crippen molar-refractivity contribution in [3.8, 4) is 0 Å². The van der Waals surface area contributed by atoms with Crippen molar-refractivity contribution in [3.63, 3.8) is 0 Å². The number of rotatable bonds is 11. The predicted octanol–water partition coefficient (Wildman–Crippen LogP) is 1.26. The SMILES string of the molecule is C=C(CC(=O)O)C(=O)O.NCc1ccc(CN)cc1.O=C(O)C1CC(=O)N(Cc2ccc(CN3CC(C(=O)O)CC3=O)cc2)C1. The summed E-state index contributed by atoms with van der Waals surface area (Å²) in [6.45, 7) is 5.36. The maximum atomic E-state index is 11.9. The molecule has 0 saturated carbocycles. The van der Waals surface area contributed by atoms with Crippen molar-refractivity contribution in [2.24, 2.45) is 23.3 Å². The van der Waals surface area contributed by atoms with Gasteiger partial charge in [-0.05, 0) is 22.3 Å². The van der Waals surface area contributed by atoms with Gasteiger partial charge in [0.2, 0.25) is 11.8 Å². The zero-order chi connectivity index (χ0) is 33.7. The molecule has 14 heteroatoms. The van der Waals surface area contributed by atoms with Gasteiger partial charge < -0.3 is 41.7 Å². The average molecular weight is 627 g/mol. The monoisotopic (exact) mass is 626 g/mol. The number of carboxylic acids is 4. The molecule has 2 unspecified atom stereocenters.